The third-order valence-electron chi connectivity index (χ3n) is 7.91. The number of hydrogen-bond donors (Lipinski definition) is 2. The number of hydrogen-bond acceptors (Lipinski definition) is 7. The van der Waals surface area contributed by atoms with E-state index in [4.69, 9.17) is 30.5 Å². The van der Waals surface area contributed by atoms with Crippen LogP contribution in [0.1, 0.15) is 36.5 Å². The smallest absolute Gasteiger partial charge is 0.161 e. The van der Waals surface area contributed by atoms with E-state index in [0.717, 1.165) is 64.6 Å². The molecule has 1 saturated heterocycles. The lowest BCUT2D eigenvalue weighted by Crippen LogP contribution is -2.35. The van der Waals surface area contributed by atoms with Gasteiger partial charge in [0.2, 0.25) is 0 Å². The van der Waals surface area contributed by atoms with Gasteiger partial charge in [-0.25, -0.2) is 0 Å². The first-order valence-corrected chi connectivity index (χ1v) is 14.9. The molecule has 0 amide bonds. The Morgan fingerprint density at radius 2 is 1.88 bits per heavy atom. The minimum absolute atomic E-state index is 0.0333. The second-order valence-corrected chi connectivity index (χ2v) is 11.6. The monoisotopic (exact) mass is 580 g/mol. The van der Waals surface area contributed by atoms with Gasteiger partial charge in [-0.1, -0.05) is 35.9 Å². The molecule has 0 saturated carbocycles. The zero-order valence-corrected chi connectivity index (χ0v) is 25.0. The number of fused-ring (bicyclic) bond motifs is 1. The van der Waals surface area contributed by atoms with Crippen LogP contribution in [0, 0.1) is 12.8 Å². The molecule has 2 atom stereocenters. The van der Waals surface area contributed by atoms with Gasteiger partial charge in [0.25, 0.3) is 0 Å². The third-order valence-corrected chi connectivity index (χ3v) is 8.20. The second kappa shape index (κ2) is 13.8. The number of likely N-dealkylation sites (tertiary alicyclic amines) is 1. The van der Waals surface area contributed by atoms with Crippen LogP contribution in [0.3, 0.4) is 0 Å². The number of rotatable bonds is 11. The first-order valence-electron chi connectivity index (χ1n) is 14.5. The number of piperidine rings is 1. The quantitative estimate of drug-likeness (QED) is 0.294. The first-order chi connectivity index (χ1) is 19.9. The van der Waals surface area contributed by atoms with Crippen molar-refractivity contribution in [1.82, 2.24) is 10.2 Å². The molecule has 5 rings (SSSR count). The highest BCUT2D eigenvalue weighted by molar-refractivity contribution is 6.32. The van der Waals surface area contributed by atoms with Crippen molar-refractivity contribution in [2.24, 2.45) is 5.92 Å². The van der Waals surface area contributed by atoms with Gasteiger partial charge in [0.1, 0.15) is 31.3 Å². The molecule has 3 aromatic carbocycles. The minimum Gasteiger partial charge on any atom is -0.493 e. The van der Waals surface area contributed by atoms with Gasteiger partial charge >= 0.3 is 0 Å². The lowest BCUT2D eigenvalue weighted by Gasteiger charge is -2.29. The molecule has 2 heterocycles. The summed E-state index contributed by atoms with van der Waals surface area (Å²) in [5, 5.41) is 13.3. The minimum atomic E-state index is -0.0333. The van der Waals surface area contributed by atoms with E-state index in [1.54, 1.807) is 0 Å². The Hall–Kier alpha value is -2.97. The standard InChI is InChI=1S/C33H41ClN2O5/c1-22(19-37)35-17-27-14-29(34)32(16-31(27)40-20-24-6-5-11-36(3)18-24)41-21-26-7-4-8-28(23(26)2)25-9-10-30-33(15-25)39-13-12-38-30/h4,7-10,14-16,22,24,35,37H,5-6,11-13,17-21H2,1-3H3. The lowest BCUT2D eigenvalue weighted by atomic mass is 9.96. The number of nitrogens with zero attached hydrogens (tertiary/aromatic N) is 1. The van der Waals surface area contributed by atoms with Gasteiger partial charge < -0.3 is 34.3 Å². The molecule has 8 heteroatoms. The fourth-order valence-electron chi connectivity index (χ4n) is 5.44. The molecule has 3 aromatic rings. The van der Waals surface area contributed by atoms with E-state index in [9.17, 15) is 5.11 Å². The number of halogens is 1. The molecule has 0 bridgehead atoms. The molecule has 0 spiro atoms. The second-order valence-electron chi connectivity index (χ2n) is 11.2. The van der Waals surface area contributed by atoms with Gasteiger partial charge in [0.05, 0.1) is 18.2 Å². The molecule has 2 N–H and O–H groups in total. The van der Waals surface area contributed by atoms with E-state index >= 15 is 0 Å². The predicted molar refractivity (Wildman–Crippen MR) is 162 cm³/mol. The fraction of sp³-hybridized carbons (Fsp3) is 0.455. The van der Waals surface area contributed by atoms with Crippen LogP contribution in [0.2, 0.25) is 5.02 Å². The molecule has 2 aliphatic heterocycles. The van der Waals surface area contributed by atoms with Crippen molar-refractivity contribution in [3.8, 4) is 34.1 Å². The molecule has 41 heavy (non-hydrogen) atoms. The average molecular weight is 581 g/mol. The summed E-state index contributed by atoms with van der Waals surface area (Å²) in [6, 6.07) is 16.1. The number of aliphatic hydroxyl groups is 1. The van der Waals surface area contributed by atoms with Crippen LogP contribution >= 0.6 is 11.6 Å². The van der Waals surface area contributed by atoms with Crippen LogP contribution in [0.4, 0.5) is 0 Å². The van der Waals surface area contributed by atoms with Crippen molar-refractivity contribution >= 4 is 11.6 Å². The summed E-state index contributed by atoms with van der Waals surface area (Å²) in [5.41, 5.74) is 5.35. The summed E-state index contributed by atoms with van der Waals surface area (Å²) in [7, 11) is 2.16. The molecule has 2 aliphatic rings. The Kier molecular flexibility index (Phi) is 9.93. The summed E-state index contributed by atoms with van der Waals surface area (Å²) < 4.78 is 24.2. The Morgan fingerprint density at radius 3 is 2.68 bits per heavy atom. The van der Waals surface area contributed by atoms with Crippen LogP contribution in [-0.4, -0.2) is 62.6 Å². The Balaban J connectivity index is 1.33. The van der Waals surface area contributed by atoms with E-state index in [-0.39, 0.29) is 12.6 Å². The molecule has 7 nitrogen and oxygen atoms in total. The van der Waals surface area contributed by atoms with Gasteiger partial charge in [0.15, 0.2) is 11.5 Å². The van der Waals surface area contributed by atoms with Crippen molar-refractivity contribution in [2.75, 3.05) is 46.6 Å². The molecular formula is C33H41ClN2O5. The SMILES string of the molecule is Cc1c(COc2cc(OCC3CCCN(C)C3)c(CNC(C)CO)cc2Cl)cccc1-c1ccc2c(c1)OCCO2. The summed E-state index contributed by atoms with van der Waals surface area (Å²) >= 11 is 6.73. The van der Waals surface area contributed by atoms with Gasteiger partial charge in [-0.3, -0.25) is 0 Å². The van der Waals surface area contributed by atoms with Crippen LogP contribution < -0.4 is 24.3 Å². The average Bonchev–Trinajstić information content (AvgIpc) is 2.99. The summed E-state index contributed by atoms with van der Waals surface area (Å²) in [5.74, 6) is 3.39. The molecular weight excluding hydrogens is 540 g/mol. The summed E-state index contributed by atoms with van der Waals surface area (Å²) in [4.78, 5) is 2.36. The normalized spacial score (nSPS) is 17.7. The summed E-state index contributed by atoms with van der Waals surface area (Å²) in [6.45, 7) is 8.97. The number of benzene rings is 3. The van der Waals surface area contributed by atoms with E-state index < -0.39 is 0 Å². The molecule has 2 unspecified atom stereocenters. The summed E-state index contributed by atoms with van der Waals surface area (Å²) in [6.07, 6.45) is 2.35. The molecule has 220 valence electrons. The Morgan fingerprint density at radius 1 is 1.05 bits per heavy atom. The van der Waals surface area contributed by atoms with Crippen LogP contribution in [-0.2, 0) is 13.2 Å². The van der Waals surface area contributed by atoms with E-state index in [1.165, 1.54) is 6.42 Å². The predicted octanol–water partition coefficient (Wildman–Crippen LogP) is 5.86. The van der Waals surface area contributed by atoms with Gasteiger partial charge in [0, 0.05) is 36.7 Å². The Labute approximate surface area is 248 Å². The zero-order chi connectivity index (χ0) is 28.8. The maximum atomic E-state index is 9.47. The fourth-order valence-corrected chi connectivity index (χ4v) is 5.68. The lowest BCUT2D eigenvalue weighted by molar-refractivity contribution is 0.149. The Bertz CT molecular complexity index is 1330. The first kappa shape index (κ1) is 29.5. The number of ether oxygens (including phenoxy) is 4. The van der Waals surface area contributed by atoms with Crippen LogP contribution in [0.5, 0.6) is 23.0 Å². The molecule has 0 aliphatic carbocycles. The van der Waals surface area contributed by atoms with Crippen molar-refractivity contribution in [2.45, 2.75) is 45.9 Å². The number of aliphatic hydroxyl groups excluding tert-OH is 1. The van der Waals surface area contributed by atoms with Crippen molar-refractivity contribution in [3.05, 3.63) is 70.2 Å². The van der Waals surface area contributed by atoms with Crippen molar-refractivity contribution in [1.29, 1.82) is 0 Å². The third kappa shape index (κ3) is 7.46. The van der Waals surface area contributed by atoms with Crippen LogP contribution in [0.25, 0.3) is 11.1 Å². The number of nitrogens with one attached hydrogen (secondary N) is 1. The van der Waals surface area contributed by atoms with E-state index in [0.29, 0.717) is 49.7 Å². The zero-order valence-electron chi connectivity index (χ0n) is 24.2. The largest absolute Gasteiger partial charge is 0.493 e. The topological polar surface area (TPSA) is 72.4 Å². The van der Waals surface area contributed by atoms with E-state index in [2.05, 4.69) is 42.4 Å². The maximum Gasteiger partial charge on any atom is 0.161 e. The van der Waals surface area contributed by atoms with Crippen molar-refractivity contribution in [3.63, 3.8) is 0 Å². The highest BCUT2D eigenvalue weighted by Gasteiger charge is 2.20. The highest BCUT2D eigenvalue weighted by Crippen LogP contribution is 2.37. The van der Waals surface area contributed by atoms with Crippen molar-refractivity contribution < 1.29 is 24.1 Å². The highest BCUT2D eigenvalue weighted by atomic mass is 35.5. The van der Waals surface area contributed by atoms with Gasteiger partial charge in [-0.2, -0.15) is 0 Å². The van der Waals surface area contributed by atoms with Crippen LogP contribution in [0.15, 0.2) is 48.5 Å². The maximum absolute atomic E-state index is 9.47. The molecule has 0 radical (unpaired) electrons. The molecule has 1 fully saturated rings. The van der Waals surface area contributed by atoms with Gasteiger partial charge in [-0.15, -0.1) is 0 Å². The van der Waals surface area contributed by atoms with Gasteiger partial charge in [-0.05, 0) is 80.7 Å². The van der Waals surface area contributed by atoms with E-state index in [1.807, 2.05) is 37.3 Å². The molecule has 0 aromatic heterocycles.